The molecule has 4 heteroatoms. The molecular formula is C13H20O4. The number of hydrogen-bond acceptors (Lipinski definition) is 3. The predicted molar refractivity (Wildman–Crippen MR) is 61.6 cm³/mol. The zero-order valence-corrected chi connectivity index (χ0v) is 10.6. The van der Waals surface area contributed by atoms with E-state index in [0.29, 0.717) is 6.42 Å². The van der Waals surface area contributed by atoms with Crippen LogP contribution >= 0.6 is 0 Å². The Morgan fingerprint density at radius 3 is 2.18 bits per heavy atom. The van der Waals surface area contributed by atoms with Crippen LogP contribution < -0.4 is 0 Å². The average molecular weight is 240 g/mol. The Hall–Kier alpha value is -0.900. The van der Waals surface area contributed by atoms with E-state index in [-0.39, 0.29) is 23.4 Å². The van der Waals surface area contributed by atoms with Gasteiger partial charge in [-0.25, -0.2) is 0 Å². The van der Waals surface area contributed by atoms with Gasteiger partial charge in [-0.2, -0.15) is 0 Å². The zero-order valence-electron chi connectivity index (χ0n) is 10.6. The van der Waals surface area contributed by atoms with Gasteiger partial charge in [0.05, 0.1) is 24.0 Å². The van der Waals surface area contributed by atoms with E-state index in [2.05, 4.69) is 0 Å². The first kappa shape index (κ1) is 12.6. The number of carboxylic acids is 1. The van der Waals surface area contributed by atoms with E-state index in [4.69, 9.17) is 4.74 Å². The highest BCUT2D eigenvalue weighted by Gasteiger charge is 2.55. The maximum atomic E-state index is 12.2. The topological polar surface area (TPSA) is 63.6 Å². The predicted octanol–water partition coefficient (Wildman–Crippen LogP) is 1.87. The van der Waals surface area contributed by atoms with Gasteiger partial charge in [-0.05, 0) is 18.3 Å². The van der Waals surface area contributed by atoms with Gasteiger partial charge in [-0.1, -0.05) is 20.8 Å². The molecule has 2 rings (SSSR count). The van der Waals surface area contributed by atoms with Gasteiger partial charge in [0.15, 0.2) is 0 Å². The molecule has 2 aliphatic rings. The molecule has 0 spiro atoms. The van der Waals surface area contributed by atoms with Gasteiger partial charge in [0, 0.05) is 6.42 Å². The zero-order chi connectivity index (χ0) is 12.8. The normalized spacial score (nSPS) is 36.2. The van der Waals surface area contributed by atoms with Crippen molar-refractivity contribution < 1.29 is 19.4 Å². The fourth-order valence-electron chi connectivity index (χ4n) is 3.04. The lowest BCUT2D eigenvalue weighted by atomic mass is 9.73. The van der Waals surface area contributed by atoms with Crippen molar-refractivity contribution in [3.05, 3.63) is 0 Å². The van der Waals surface area contributed by atoms with Crippen molar-refractivity contribution >= 4 is 11.8 Å². The molecule has 0 saturated carbocycles. The molecule has 0 aromatic heterocycles. The molecule has 4 atom stereocenters. The van der Waals surface area contributed by atoms with E-state index in [1.807, 2.05) is 20.8 Å². The highest BCUT2D eigenvalue weighted by molar-refractivity contribution is 5.88. The summed E-state index contributed by atoms with van der Waals surface area (Å²) in [6, 6.07) is 0. The maximum absolute atomic E-state index is 12.2. The molecule has 2 heterocycles. The molecule has 2 bridgehead atoms. The van der Waals surface area contributed by atoms with E-state index < -0.39 is 17.8 Å². The number of hydrogen-bond donors (Lipinski definition) is 1. The third kappa shape index (κ3) is 2.37. The Labute approximate surface area is 101 Å². The smallest absolute Gasteiger partial charge is 0.309 e. The van der Waals surface area contributed by atoms with Gasteiger partial charge in [0.25, 0.3) is 0 Å². The van der Waals surface area contributed by atoms with Crippen molar-refractivity contribution in [2.24, 2.45) is 17.3 Å². The SMILES string of the molecule is CC(C)(C)CC(=O)C1C2CCC(O2)C1C(=O)O. The lowest BCUT2D eigenvalue weighted by Gasteiger charge is -2.26. The Balaban J connectivity index is 2.14. The van der Waals surface area contributed by atoms with Gasteiger partial charge in [-0.3, -0.25) is 9.59 Å². The number of ether oxygens (including phenoxy) is 1. The van der Waals surface area contributed by atoms with Crippen LogP contribution in [-0.2, 0) is 14.3 Å². The summed E-state index contributed by atoms with van der Waals surface area (Å²) in [5, 5.41) is 9.22. The molecule has 2 aliphatic heterocycles. The second-order valence-corrected chi connectivity index (χ2v) is 6.38. The Morgan fingerprint density at radius 1 is 1.18 bits per heavy atom. The molecule has 0 amide bonds. The molecule has 4 nitrogen and oxygen atoms in total. The van der Waals surface area contributed by atoms with Crippen LogP contribution in [0, 0.1) is 17.3 Å². The second kappa shape index (κ2) is 4.09. The first-order valence-corrected chi connectivity index (χ1v) is 6.20. The number of ketones is 1. The number of carbonyl (C=O) groups is 2. The first-order chi connectivity index (χ1) is 7.79. The number of carbonyl (C=O) groups excluding carboxylic acids is 1. The van der Waals surface area contributed by atoms with Crippen LogP contribution in [0.25, 0.3) is 0 Å². The Kier molecular flexibility index (Phi) is 3.02. The number of aliphatic carboxylic acids is 1. The van der Waals surface area contributed by atoms with Crippen LogP contribution in [-0.4, -0.2) is 29.1 Å². The number of fused-ring (bicyclic) bond motifs is 2. The summed E-state index contributed by atoms with van der Waals surface area (Å²) in [6.45, 7) is 5.98. The van der Waals surface area contributed by atoms with Crippen LogP contribution in [0.3, 0.4) is 0 Å². The third-order valence-electron chi connectivity index (χ3n) is 3.63. The fourth-order valence-corrected chi connectivity index (χ4v) is 3.04. The molecular weight excluding hydrogens is 220 g/mol. The van der Waals surface area contributed by atoms with E-state index in [0.717, 1.165) is 12.8 Å². The van der Waals surface area contributed by atoms with Crippen LogP contribution in [0.4, 0.5) is 0 Å². The van der Waals surface area contributed by atoms with Crippen molar-refractivity contribution in [2.75, 3.05) is 0 Å². The summed E-state index contributed by atoms with van der Waals surface area (Å²) >= 11 is 0. The van der Waals surface area contributed by atoms with Crippen LogP contribution in [0.15, 0.2) is 0 Å². The number of rotatable bonds is 3. The molecule has 96 valence electrons. The average Bonchev–Trinajstić information content (AvgIpc) is 2.72. The largest absolute Gasteiger partial charge is 0.481 e. The summed E-state index contributed by atoms with van der Waals surface area (Å²) in [6.07, 6.45) is 1.63. The summed E-state index contributed by atoms with van der Waals surface area (Å²) < 4.78 is 5.59. The summed E-state index contributed by atoms with van der Waals surface area (Å²) in [4.78, 5) is 23.5. The Morgan fingerprint density at radius 2 is 1.71 bits per heavy atom. The summed E-state index contributed by atoms with van der Waals surface area (Å²) in [7, 11) is 0. The monoisotopic (exact) mass is 240 g/mol. The molecule has 0 aromatic carbocycles. The minimum Gasteiger partial charge on any atom is -0.481 e. The quantitative estimate of drug-likeness (QED) is 0.818. The summed E-state index contributed by atoms with van der Waals surface area (Å²) in [5.74, 6) is -1.88. The van der Waals surface area contributed by atoms with Gasteiger partial charge in [0.2, 0.25) is 0 Å². The van der Waals surface area contributed by atoms with E-state index >= 15 is 0 Å². The molecule has 0 aliphatic carbocycles. The van der Waals surface area contributed by atoms with Crippen LogP contribution in [0.2, 0.25) is 0 Å². The van der Waals surface area contributed by atoms with E-state index in [1.165, 1.54) is 0 Å². The summed E-state index contributed by atoms with van der Waals surface area (Å²) in [5.41, 5.74) is -0.0953. The van der Waals surface area contributed by atoms with Crippen molar-refractivity contribution in [3.8, 4) is 0 Å². The molecule has 4 unspecified atom stereocenters. The van der Waals surface area contributed by atoms with E-state index in [9.17, 15) is 14.7 Å². The Bertz CT molecular complexity index is 342. The molecule has 0 aromatic rings. The lowest BCUT2D eigenvalue weighted by molar-refractivity contribution is -0.147. The van der Waals surface area contributed by atoms with Gasteiger partial charge in [-0.15, -0.1) is 0 Å². The maximum Gasteiger partial charge on any atom is 0.309 e. The molecule has 2 saturated heterocycles. The van der Waals surface area contributed by atoms with Crippen molar-refractivity contribution in [2.45, 2.75) is 52.2 Å². The number of Topliss-reactive ketones (excluding diaryl/α,β-unsaturated/α-hetero) is 1. The second-order valence-electron chi connectivity index (χ2n) is 6.38. The minimum absolute atomic E-state index is 0.0529. The highest BCUT2D eigenvalue weighted by Crippen LogP contribution is 2.45. The van der Waals surface area contributed by atoms with Crippen LogP contribution in [0.1, 0.15) is 40.0 Å². The fraction of sp³-hybridized carbons (Fsp3) is 0.846. The molecule has 2 fully saturated rings. The van der Waals surface area contributed by atoms with Crippen LogP contribution in [0.5, 0.6) is 0 Å². The first-order valence-electron chi connectivity index (χ1n) is 6.20. The van der Waals surface area contributed by atoms with Gasteiger partial charge >= 0.3 is 5.97 Å². The standard InChI is InChI=1S/C13H20O4/c1-13(2,3)6-7(14)10-8-4-5-9(17-8)11(10)12(15)16/h8-11H,4-6H2,1-3H3,(H,15,16). The molecule has 1 N–H and O–H groups in total. The minimum atomic E-state index is -0.885. The van der Waals surface area contributed by atoms with Gasteiger partial charge < -0.3 is 9.84 Å². The highest BCUT2D eigenvalue weighted by atomic mass is 16.5. The lowest BCUT2D eigenvalue weighted by Crippen LogP contribution is -2.39. The van der Waals surface area contributed by atoms with Gasteiger partial charge in [0.1, 0.15) is 5.78 Å². The van der Waals surface area contributed by atoms with Crippen molar-refractivity contribution in [1.29, 1.82) is 0 Å². The third-order valence-corrected chi connectivity index (χ3v) is 3.63. The van der Waals surface area contributed by atoms with Crippen molar-refractivity contribution in [3.63, 3.8) is 0 Å². The molecule has 17 heavy (non-hydrogen) atoms. The van der Waals surface area contributed by atoms with Crippen molar-refractivity contribution in [1.82, 2.24) is 0 Å². The van der Waals surface area contributed by atoms with E-state index in [1.54, 1.807) is 0 Å². The number of carboxylic acid groups (broad SMARTS) is 1. The molecule has 0 radical (unpaired) electrons.